The molecule has 6 heteroatoms. The van der Waals surface area contributed by atoms with E-state index < -0.39 is 17.4 Å². The molecule has 0 saturated heterocycles. The third kappa shape index (κ3) is 5.90. The van der Waals surface area contributed by atoms with Gasteiger partial charge >= 0.3 is 5.97 Å². The molecule has 0 unspecified atom stereocenters. The van der Waals surface area contributed by atoms with Crippen molar-refractivity contribution in [3.63, 3.8) is 0 Å². The molecule has 0 saturated carbocycles. The van der Waals surface area contributed by atoms with Crippen LogP contribution in [0.3, 0.4) is 0 Å². The van der Waals surface area contributed by atoms with Crippen molar-refractivity contribution in [2.75, 3.05) is 5.32 Å². The highest BCUT2D eigenvalue weighted by Crippen LogP contribution is 2.16. The lowest BCUT2D eigenvalue weighted by atomic mass is 10.1. The number of aliphatic carboxylic acids is 1. The van der Waals surface area contributed by atoms with Crippen molar-refractivity contribution in [2.45, 2.75) is 26.3 Å². The summed E-state index contributed by atoms with van der Waals surface area (Å²) in [7, 11) is 0. The Hall–Kier alpha value is -2.63. The molecule has 0 fully saturated rings. The van der Waals surface area contributed by atoms with Crippen molar-refractivity contribution in [2.24, 2.45) is 0 Å². The molecule has 0 spiro atoms. The number of carbonyl (C=O) groups is 3. The molecular weight excluding hydrogens is 272 g/mol. The van der Waals surface area contributed by atoms with Gasteiger partial charge in [0.15, 0.2) is 0 Å². The zero-order chi connectivity index (χ0) is 16.0. The van der Waals surface area contributed by atoms with E-state index in [2.05, 4.69) is 10.6 Å². The number of rotatable bonds is 4. The second kappa shape index (κ2) is 6.69. The second-order valence-corrected chi connectivity index (χ2v) is 5.41. The first-order valence-electron chi connectivity index (χ1n) is 6.32. The van der Waals surface area contributed by atoms with E-state index in [1.54, 1.807) is 24.3 Å². The largest absolute Gasteiger partial charge is 0.478 e. The van der Waals surface area contributed by atoms with Crippen molar-refractivity contribution >= 4 is 23.5 Å². The summed E-state index contributed by atoms with van der Waals surface area (Å²) in [6, 6.07) is 6.51. The lowest BCUT2D eigenvalue weighted by Gasteiger charge is -2.21. The maximum absolute atomic E-state index is 12.2. The molecule has 0 heterocycles. The van der Waals surface area contributed by atoms with E-state index in [0.29, 0.717) is 11.3 Å². The highest BCUT2D eigenvalue weighted by Gasteiger charge is 2.18. The number of hydrogen-bond acceptors (Lipinski definition) is 3. The maximum atomic E-state index is 12.2. The first kappa shape index (κ1) is 16.4. The topological polar surface area (TPSA) is 95.5 Å². The van der Waals surface area contributed by atoms with Gasteiger partial charge in [-0.05, 0) is 32.9 Å². The number of carboxylic acid groups (broad SMARTS) is 1. The molecule has 0 radical (unpaired) electrons. The Kier molecular flexibility index (Phi) is 5.24. The van der Waals surface area contributed by atoms with Crippen molar-refractivity contribution in [1.82, 2.24) is 5.32 Å². The number of amides is 2. The monoisotopic (exact) mass is 290 g/mol. The number of carbonyl (C=O) groups excluding carboxylic acids is 2. The Morgan fingerprint density at radius 3 is 2.29 bits per heavy atom. The molecule has 1 aromatic carbocycles. The quantitative estimate of drug-likeness (QED) is 0.737. The van der Waals surface area contributed by atoms with Crippen molar-refractivity contribution in [3.05, 3.63) is 42.0 Å². The fourth-order valence-electron chi connectivity index (χ4n) is 1.52. The molecule has 112 valence electrons. The van der Waals surface area contributed by atoms with Gasteiger partial charge in [-0.2, -0.15) is 0 Å². The van der Waals surface area contributed by atoms with Gasteiger partial charge in [-0.25, -0.2) is 4.79 Å². The number of anilines is 1. The van der Waals surface area contributed by atoms with Crippen LogP contribution in [0.1, 0.15) is 31.1 Å². The predicted molar refractivity (Wildman–Crippen MR) is 79.1 cm³/mol. The molecule has 3 N–H and O–H groups in total. The predicted octanol–water partition coefficient (Wildman–Crippen LogP) is 1.79. The normalized spacial score (nSPS) is 11.2. The van der Waals surface area contributed by atoms with Crippen LogP contribution in [0.15, 0.2) is 36.4 Å². The summed E-state index contributed by atoms with van der Waals surface area (Å²) >= 11 is 0. The summed E-state index contributed by atoms with van der Waals surface area (Å²) in [5, 5.41) is 13.7. The molecule has 0 atom stereocenters. The standard InChI is InChI=1S/C15H18N2O4/c1-15(2,3)17-14(21)10-6-4-5-7-11(10)16-12(18)8-9-13(19)20/h4-9H,1-3H3,(H,16,18)(H,17,21)(H,19,20)/b9-8+. The van der Waals surface area contributed by atoms with Gasteiger partial charge in [-0.3, -0.25) is 9.59 Å². The first-order valence-corrected chi connectivity index (χ1v) is 6.32. The Bertz CT molecular complexity index is 586. The van der Waals surface area contributed by atoms with Crippen molar-refractivity contribution in [3.8, 4) is 0 Å². The van der Waals surface area contributed by atoms with Crippen LogP contribution in [0.5, 0.6) is 0 Å². The third-order valence-corrected chi connectivity index (χ3v) is 2.30. The SMILES string of the molecule is CC(C)(C)NC(=O)c1ccccc1NC(=O)/C=C/C(=O)O. The Morgan fingerprint density at radius 2 is 1.71 bits per heavy atom. The molecule has 0 aliphatic heterocycles. The van der Waals surface area contributed by atoms with Crippen LogP contribution in [-0.4, -0.2) is 28.4 Å². The van der Waals surface area contributed by atoms with Gasteiger partial charge < -0.3 is 15.7 Å². The van der Waals surface area contributed by atoms with Crippen molar-refractivity contribution < 1.29 is 19.5 Å². The Balaban J connectivity index is 2.92. The summed E-state index contributed by atoms with van der Waals surface area (Å²) in [5.41, 5.74) is 0.223. The van der Waals surface area contributed by atoms with Gasteiger partial charge in [-0.15, -0.1) is 0 Å². The minimum absolute atomic E-state index is 0.310. The lowest BCUT2D eigenvalue weighted by Crippen LogP contribution is -2.40. The lowest BCUT2D eigenvalue weighted by molar-refractivity contribution is -0.131. The Morgan fingerprint density at radius 1 is 1.10 bits per heavy atom. The van der Waals surface area contributed by atoms with E-state index in [1.165, 1.54) is 0 Å². The maximum Gasteiger partial charge on any atom is 0.328 e. The number of nitrogens with one attached hydrogen (secondary N) is 2. The third-order valence-electron chi connectivity index (χ3n) is 2.30. The van der Waals surface area contributed by atoms with Crippen LogP contribution >= 0.6 is 0 Å². The van der Waals surface area contributed by atoms with E-state index >= 15 is 0 Å². The summed E-state index contributed by atoms with van der Waals surface area (Å²) in [5.74, 6) is -2.15. The number of para-hydroxylation sites is 1. The fraction of sp³-hybridized carbons (Fsp3) is 0.267. The van der Waals surface area contributed by atoms with E-state index in [-0.39, 0.29) is 5.91 Å². The van der Waals surface area contributed by atoms with Crippen LogP contribution in [0.4, 0.5) is 5.69 Å². The summed E-state index contributed by atoms with van der Waals surface area (Å²) < 4.78 is 0. The first-order chi connectivity index (χ1) is 9.69. The minimum Gasteiger partial charge on any atom is -0.478 e. The average Bonchev–Trinajstić information content (AvgIpc) is 2.35. The van der Waals surface area contributed by atoms with Gasteiger partial charge in [0, 0.05) is 17.7 Å². The molecule has 0 aliphatic rings. The average molecular weight is 290 g/mol. The van der Waals surface area contributed by atoms with Gasteiger partial charge in [0.1, 0.15) is 0 Å². The molecule has 2 amide bonds. The summed E-state index contributed by atoms with van der Waals surface area (Å²) in [6.07, 6.45) is 1.62. The highest BCUT2D eigenvalue weighted by molar-refractivity contribution is 6.07. The second-order valence-electron chi connectivity index (χ2n) is 5.41. The van der Waals surface area contributed by atoms with Gasteiger partial charge in [0.05, 0.1) is 11.3 Å². The zero-order valence-corrected chi connectivity index (χ0v) is 12.1. The fourth-order valence-corrected chi connectivity index (χ4v) is 1.52. The van der Waals surface area contributed by atoms with E-state index in [4.69, 9.17) is 5.11 Å². The highest BCUT2D eigenvalue weighted by atomic mass is 16.4. The van der Waals surface area contributed by atoms with Crippen LogP contribution < -0.4 is 10.6 Å². The molecular formula is C15H18N2O4. The van der Waals surface area contributed by atoms with Crippen molar-refractivity contribution in [1.29, 1.82) is 0 Å². The summed E-state index contributed by atoms with van der Waals surface area (Å²) in [6.45, 7) is 5.55. The Labute approximate surface area is 122 Å². The van der Waals surface area contributed by atoms with Gasteiger partial charge in [0.2, 0.25) is 5.91 Å². The molecule has 21 heavy (non-hydrogen) atoms. The van der Waals surface area contributed by atoms with E-state index in [9.17, 15) is 14.4 Å². The zero-order valence-electron chi connectivity index (χ0n) is 12.1. The molecule has 1 aromatic rings. The summed E-state index contributed by atoms with van der Waals surface area (Å²) in [4.78, 5) is 34.1. The number of benzene rings is 1. The van der Waals surface area contributed by atoms with Crippen LogP contribution in [-0.2, 0) is 9.59 Å². The van der Waals surface area contributed by atoms with Crippen LogP contribution in [0, 0.1) is 0 Å². The van der Waals surface area contributed by atoms with E-state index in [0.717, 1.165) is 12.2 Å². The number of carboxylic acids is 1. The smallest absolute Gasteiger partial charge is 0.328 e. The molecule has 0 bridgehead atoms. The van der Waals surface area contributed by atoms with Gasteiger partial charge in [0.25, 0.3) is 5.91 Å². The van der Waals surface area contributed by atoms with Crippen LogP contribution in [0.25, 0.3) is 0 Å². The van der Waals surface area contributed by atoms with Crippen LogP contribution in [0.2, 0.25) is 0 Å². The molecule has 0 aliphatic carbocycles. The van der Waals surface area contributed by atoms with E-state index in [1.807, 2.05) is 20.8 Å². The molecule has 6 nitrogen and oxygen atoms in total. The molecule has 1 rings (SSSR count). The number of hydrogen-bond donors (Lipinski definition) is 3. The van der Waals surface area contributed by atoms with Gasteiger partial charge in [-0.1, -0.05) is 12.1 Å². The minimum atomic E-state index is -1.22. The molecule has 0 aromatic heterocycles.